The third kappa shape index (κ3) is 1.45. The molecule has 1 rings (SSSR count). The number of hydrogen-bond acceptors (Lipinski definition) is 2. The van der Waals surface area contributed by atoms with Crippen molar-refractivity contribution in [1.82, 2.24) is 0 Å². The lowest BCUT2D eigenvalue weighted by atomic mass is 10.3. The molecule has 1 unspecified atom stereocenters. The van der Waals surface area contributed by atoms with Crippen molar-refractivity contribution in [3.63, 3.8) is 0 Å². The summed E-state index contributed by atoms with van der Waals surface area (Å²) in [6, 6.07) is 0. The average Bonchev–Trinajstić information content (AvgIpc) is 2.14. The maximum absolute atomic E-state index is 10.2. The smallest absolute Gasteiger partial charge is 0.345 e. The molecule has 4 heteroatoms. The summed E-state index contributed by atoms with van der Waals surface area (Å²) < 4.78 is 5.32. The Morgan fingerprint density at radius 3 is 2.89 bits per heavy atom. The van der Waals surface area contributed by atoms with Crippen molar-refractivity contribution in [2.75, 3.05) is 0 Å². The van der Waals surface area contributed by atoms with Crippen molar-refractivity contribution in [1.29, 1.82) is 0 Å². The second-order valence-electron chi connectivity index (χ2n) is 1.69. The zero-order valence-corrected chi connectivity index (χ0v) is 6.09. The quantitative estimate of drug-likeness (QED) is 0.677. The summed E-state index contributed by atoms with van der Waals surface area (Å²) in [4.78, 5) is 10.2. The fourth-order valence-corrected chi connectivity index (χ4v) is 0.996. The van der Waals surface area contributed by atoms with Gasteiger partial charge in [-0.15, -0.1) is 0 Å². The predicted molar refractivity (Wildman–Crippen MR) is 34.1 cm³/mol. The van der Waals surface area contributed by atoms with Crippen LogP contribution in [0.4, 0.5) is 0 Å². The Bertz CT molecular complexity index is 164. The van der Waals surface area contributed by atoms with E-state index in [1.807, 2.05) is 0 Å². The van der Waals surface area contributed by atoms with Crippen molar-refractivity contribution >= 4 is 21.9 Å². The van der Waals surface area contributed by atoms with Gasteiger partial charge in [0.2, 0.25) is 0 Å². The van der Waals surface area contributed by atoms with Gasteiger partial charge >= 0.3 is 5.97 Å². The molecule has 0 aromatic heterocycles. The number of carboxylic acid groups (broad SMARTS) is 1. The topological polar surface area (TPSA) is 46.5 Å². The van der Waals surface area contributed by atoms with Gasteiger partial charge in [0.25, 0.3) is 0 Å². The highest BCUT2D eigenvalue weighted by atomic mass is 79.9. The third-order valence-electron chi connectivity index (χ3n) is 1.02. The Hall–Kier alpha value is -0.510. The van der Waals surface area contributed by atoms with Crippen LogP contribution in [-0.4, -0.2) is 17.2 Å². The molecule has 1 N–H and O–H groups in total. The van der Waals surface area contributed by atoms with Crippen molar-refractivity contribution in [2.24, 2.45) is 0 Å². The lowest BCUT2D eigenvalue weighted by molar-refractivity contribution is -0.146. The Kier molecular flexibility index (Phi) is 1.75. The zero-order chi connectivity index (χ0) is 6.85. The van der Waals surface area contributed by atoms with Crippen molar-refractivity contribution in [2.45, 2.75) is 12.5 Å². The van der Waals surface area contributed by atoms with Crippen LogP contribution >= 0.6 is 15.9 Å². The summed E-state index contributed by atoms with van der Waals surface area (Å²) in [6.07, 6.45) is 1.47. The molecule has 0 saturated heterocycles. The van der Waals surface area contributed by atoms with Gasteiger partial charge in [-0.05, 0) is 22.0 Å². The van der Waals surface area contributed by atoms with Gasteiger partial charge in [0.15, 0.2) is 10.8 Å². The zero-order valence-electron chi connectivity index (χ0n) is 4.50. The van der Waals surface area contributed by atoms with E-state index in [-0.39, 0.29) is 0 Å². The Labute approximate surface area is 60.4 Å². The molecule has 0 saturated carbocycles. The van der Waals surface area contributed by atoms with Gasteiger partial charge in [0, 0.05) is 6.42 Å². The van der Waals surface area contributed by atoms with Gasteiger partial charge < -0.3 is 9.84 Å². The first-order valence-electron chi connectivity index (χ1n) is 2.45. The van der Waals surface area contributed by atoms with Crippen LogP contribution in [0.15, 0.2) is 10.7 Å². The number of ether oxygens (including phenoxy) is 1. The van der Waals surface area contributed by atoms with Crippen LogP contribution in [0.25, 0.3) is 0 Å². The largest absolute Gasteiger partial charge is 0.478 e. The van der Waals surface area contributed by atoms with E-state index >= 15 is 0 Å². The minimum Gasteiger partial charge on any atom is -0.478 e. The number of aliphatic carboxylic acids is 1. The first-order valence-corrected chi connectivity index (χ1v) is 3.24. The first-order chi connectivity index (χ1) is 4.20. The molecule has 1 aliphatic heterocycles. The van der Waals surface area contributed by atoms with Crippen molar-refractivity contribution < 1.29 is 14.6 Å². The molecule has 0 radical (unpaired) electrons. The van der Waals surface area contributed by atoms with E-state index in [1.54, 1.807) is 6.08 Å². The molecule has 0 aromatic carbocycles. The van der Waals surface area contributed by atoms with E-state index in [2.05, 4.69) is 15.9 Å². The molecule has 1 aliphatic rings. The molecular weight excluding hydrogens is 188 g/mol. The minimum atomic E-state index is -0.916. The summed E-state index contributed by atoms with van der Waals surface area (Å²) >= 11 is 3.02. The standard InChI is InChI=1S/C5H5BrO3/c6-4-2-1-3(9-4)5(7)8/h2-3H,1H2,(H,7,8). The molecule has 0 aliphatic carbocycles. The van der Waals surface area contributed by atoms with Gasteiger partial charge in [-0.25, -0.2) is 4.79 Å². The maximum atomic E-state index is 10.2. The lowest BCUT2D eigenvalue weighted by Gasteiger charge is -2.02. The molecule has 0 fully saturated rings. The summed E-state index contributed by atoms with van der Waals surface area (Å²) in [6.45, 7) is 0. The molecular formula is C5H5BrO3. The Balaban J connectivity index is 2.47. The number of carboxylic acids is 1. The van der Waals surface area contributed by atoms with E-state index in [9.17, 15) is 4.79 Å². The molecule has 0 amide bonds. The molecule has 9 heavy (non-hydrogen) atoms. The Morgan fingerprint density at radius 2 is 2.67 bits per heavy atom. The van der Waals surface area contributed by atoms with Crippen molar-refractivity contribution in [3.05, 3.63) is 10.7 Å². The summed E-state index contributed by atoms with van der Waals surface area (Å²) in [5, 5.41) is 8.35. The first kappa shape index (κ1) is 6.61. The highest BCUT2D eigenvalue weighted by Gasteiger charge is 2.22. The van der Waals surface area contributed by atoms with E-state index in [0.29, 0.717) is 11.1 Å². The predicted octanol–water partition coefficient (Wildman–Crippen LogP) is 1.10. The normalized spacial score (nSPS) is 25.0. The highest BCUT2D eigenvalue weighted by molar-refractivity contribution is 9.11. The van der Waals surface area contributed by atoms with E-state index in [0.717, 1.165) is 0 Å². The van der Waals surface area contributed by atoms with Gasteiger partial charge in [0.05, 0.1) is 0 Å². The SMILES string of the molecule is O=C(O)C1CC=C(Br)O1. The molecule has 0 spiro atoms. The molecule has 1 atom stereocenters. The average molecular weight is 193 g/mol. The van der Waals surface area contributed by atoms with Crippen LogP contribution in [0.3, 0.4) is 0 Å². The summed E-state index contributed by atoms with van der Waals surface area (Å²) in [7, 11) is 0. The lowest BCUT2D eigenvalue weighted by Crippen LogP contribution is -2.18. The van der Waals surface area contributed by atoms with Crippen LogP contribution in [-0.2, 0) is 9.53 Å². The fraction of sp³-hybridized carbons (Fsp3) is 0.400. The summed E-state index contributed by atoms with van der Waals surface area (Å²) in [5.74, 6) is -0.916. The van der Waals surface area contributed by atoms with Crippen LogP contribution in [0.5, 0.6) is 0 Å². The number of hydrogen-bond donors (Lipinski definition) is 1. The number of carbonyl (C=O) groups is 1. The van der Waals surface area contributed by atoms with Gasteiger partial charge in [-0.1, -0.05) is 0 Å². The molecule has 0 aromatic rings. The monoisotopic (exact) mass is 192 g/mol. The minimum absolute atomic E-state index is 0.454. The maximum Gasteiger partial charge on any atom is 0.345 e. The second kappa shape index (κ2) is 2.39. The highest BCUT2D eigenvalue weighted by Crippen LogP contribution is 2.21. The van der Waals surface area contributed by atoms with Crippen molar-refractivity contribution in [3.8, 4) is 0 Å². The second-order valence-corrected chi connectivity index (χ2v) is 2.47. The van der Waals surface area contributed by atoms with Gasteiger partial charge in [-0.3, -0.25) is 0 Å². The van der Waals surface area contributed by atoms with Crippen LogP contribution < -0.4 is 0 Å². The fourth-order valence-electron chi connectivity index (χ4n) is 0.583. The van der Waals surface area contributed by atoms with E-state index in [1.165, 1.54) is 0 Å². The number of halogens is 1. The molecule has 3 nitrogen and oxygen atoms in total. The molecule has 0 bridgehead atoms. The molecule has 50 valence electrons. The molecule has 1 heterocycles. The van der Waals surface area contributed by atoms with Crippen LogP contribution in [0, 0.1) is 0 Å². The third-order valence-corrected chi connectivity index (χ3v) is 1.53. The van der Waals surface area contributed by atoms with Crippen LogP contribution in [0.2, 0.25) is 0 Å². The number of rotatable bonds is 1. The van der Waals surface area contributed by atoms with E-state index < -0.39 is 12.1 Å². The summed E-state index contributed by atoms with van der Waals surface area (Å²) in [5.41, 5.74) is 0. The van der Waals surface area contributed by atoms with Crippen LogP contribution in [0.1, 0.15) is 6.42 Å². The van der Waals surface area contributed by atoms with Gasteiger partial charge in [0.1, 0.15) is 0 Å². The van der Waals surface area contributed by atoms with E-state index in [4.69, 9.17) is 9.84 Å². The Morgan fingerprint density at radius 1 is 2.00 bits per heavy atom. The van der Waals surface area contributed by atoms with Gasteiger partial charge in [-0.2, -0.15) is 0 Å².